The van der Waals surface area contributed by atoms with Crippen LogP contribution in [-0.2, 0) is 20.0 Å². The van der Waals surface area contributed by atoms with Crippen molar-refractivity contribution < 1.29 is 49.8 Å². The topological polar surface area (TPSA) is 223 Å². The Morgan fingerprint density at radius 3 is 2.47 bits per heavy atom. The number of hydrogen-bond donors (Lipinski definition) is 6. The number of ketones is 2. The number of phenolic OH excluding ortho intramolecular Hbond substituents is 1. The number of carbonyl (C=O) groups excluding carboxylic acids is 3. The zero-order valence-electron chi connectivity index (χ0n) is 24.0. The average Bonchev–Trinajstić information content (AvgIpc) is 2.90. The molecular weight excluding hydrogens is 568 g/mol. The average molecular weight is 605 g/mol. The fraction of sp³-hybridized carbons (Fsp3) is 0.536. The fourth-order valence-corrected chi connectivity index (χ4v) is 6.22. The maximum absolute atomic E-state index is 13.6. The van der Waals surface area contributed by atoms with Crippen LogP contribution in [0, 0.1) is 16.0 Å². The van der Waals surface area contributed by atoms with Gasteiger partial charge in [-0.15, -0.1) is 10.1 Å². The predicted molar refractivity (Wildman–Crippen MR) is 148 cm³/mol. The number of rotatable bonds is 6. The van der Waals surface area contributed by atoms with Crippen LogP contribution in [0.4, 0.5) is 0 Å². The Morgan fingerprint density at radius 1 is 1.21 bits per heavy atom. The highest BCUT2D eigenvalue weighted by Gasteiger charge is 2.50. The number of aromatic hydroxyl groups is 1. The molecule has 43 heavy (non-hydrogen) atoms. The molecule has 234 valence electrons. The summed E-state index contributed by atoms with van der Waals surface area (Å²) in [5, 5.41) is 68.1. The number of likely N-dealkylation sites (tertiary alicyclic amines) is 1. The van der Waals surface area contributed by atoms with Crippen LogP contribution in [0.5, 0.6) is 5.75 Å². The van der Waals surface area contributed by atoms with Crippen molar-refractivity contribution in [2.45, 2.75) is 56.5 Å². The van der Waals surface area contributed by atoms with Crippen LogP contribution in [0.25, 0.3) is 0 Å². The van der Waals surface area contributed by atoms with Gasteiger partial charge in [0, 0.05) is 24.6 Å². The van der Waals surface area contributed by atoms with Crippen molar-refractivity contribution in [2.24, 2.45) is 5.92 Å². The number of aliphatic hydroxyl groups excluding tert-OH is 3. The van der Waals surface area contributed by atoms with Gasteiger partial charge in [0.15, 0.2) is 11.6 Å². The fourth-order valence-electron chi connectivity index (χ4n) is 6.22. The first-order valence-electron chi connectivity index (χ1n) is 13.8. The molecule has 0 bridgehead atoms. The van der Waals surface area contributed by atoms with Crippen molar-refractivity contribution in [2.75, 3.05) is 33.9 Å². The van der Waals surface area contributed by atoms with E-state index in [1.807, 2.05) is 0 Å². The second-order valence-corrected chi connectivity index (χ2v) is 11.5. The first kappa shape index (κ1) is 31.9. The molecule has 1 aliphatic heterocycles. The number of allylic oxidation sites excluding steroid dienone is 1. The molecule has 4 rings (SSSR count). The smallest absolute Gasteiger partial charge is 0.294 e. The van der Waals surface area contributed by atoms with Crippen LogP contribution < -0.4 is 5.32 Å². The molecule has 3 aliphatic rings. The molecule has 4 atom stereocenters. The van der Waals surface area contributed by atoms with E-state index in [0.29, 0.717) is 25.9 Å². The molecule has 1 aromatic rings. The molecule has 6 N–H and O–H groups in total. The lowest BCUT2D eigenvalue weighted by molar-refractivity contribution is -0.769. The highest BCUT2D eigenvalue weighted by atomic mass is 17.0. The van der Waals surface area contributed by atoms with E-state index in [0.717, 1.165) is 0 Å². The summed E-state index contributed by atoms with van der Waals surface area (Å²) < 4.78 is 0. The minimum Gasteiger partial charge on any atom is -0.511 e. The molecule has 1 unspecified atom stereocenters. The van der Waals surface area contributed by atoms with Crippen LogP contribution in [0.1, 0.15) is 48.5 Å². The van der Waals surface area contributed by atoms with Crippen molar-refractivity contribution in [3.05, 3.63) is 62.1 Å². The number of hydrogen-bond acceptors (Lipinski definition) is 13. The van der Waals surface area contributed by atoms with E-state index in [4.69, 9.17) is 0 Å². The third kappa shape index (κ3) is 6.20. The van der Waals surface area contributed by atoms with Gasteiger partial charge in [0.1, 0.15) is 28.9 Å². The molecule has 0 saturated carbocycles. The summed E-state index contributed by atoms with van der Waals surface area (Å²) in [6, 6.07) is 2.81. The molecule has 0 spiro atoms. The van der Waals surface area contributed by atoms with Crippen LogP contribution in [-0.4, -0.2) is 110 Å². The van der Waals surface area contributed by atoms with E-state index in [2.05, 4.69) is 10.2 Å². The summed E-state index contributed by atoms with van der Waals surface area (Å²) in [7, 11) is 3.00. The third-order valence-corrected chi connectivity index (χ3v) is 8.40. The summed E-state index contributed by atoms with van der Waals surface area (Å²) in [6.07, 6.45) is -2.72. The molecule has 0 aromatic heterocycles. The SMILES string of the molecule is CN(C)[C@@H]1/C(O)=C(/C(=O)NCN2CCC(O[N+](=O)[O-])CC2)C(=O)C/C(O)=C2/C(=O)c3c(O)cccc3C(C)(O)[C@H]2C[C@@H]1O. The number of nitrogens with zero attached hydrogens (tertiary/aromatic N) is 3. The second kappa shape index (κ2) is 12.3. The van der Waals surface area contributed by atoms with Crippen LogP contribution in [0.2, 0.25) is 0 Å². The van der Waals surface area contributed by atoms with Gasteiger partial charge >= 0.3 is 0 Å². The zero-order chi connectivity index (χ0) is 31.8. The Bertz CT molecular complexity index is 1380. The predicted octanol–water partition coefficient (Wildman–Crippen LogP) is 0.437. The normalized spacial score (nSPS) is 30.9. The Hall–Kier alpha value is -4.05. The number of Topliss-reactive ketones (excluding diaryl/α,β-unsaturated/α-hetero) is 2. The third-order valence-electron chi connectivity index (χ3n) is 8.40. The van der Waals surface area contributed by atoms with Gasteiger partial charge in [0.2, 0.25) is 0 Å². The zero-order valence-corrected chi connectivity index (χ0v) is 24.0. The monoisotopic (exact) mass is 604 g/mol. The molecule has 1 saturated heterocycles. The molecule has 1 amide bonds. The van der Waals surface area contributed by atoms with Crippen molar-refractivity contribution in [1.82, 2.24) is 15.1 Å². The maximum atomic E-state index is 13.6. The Morgan fingerprint density at radius 2 is 1.86 bits per heavy atom. The first-order chi connectivity index (χ1) is 20.1. The van der Waals surface area contributed by atoms with Gasteiger partial charge in [-0.25, -0.2) is 0 Å². The molecule has 2 aliphatic carbocycles. The van der Waals surface area contributed by atoms with E-state index in [-0.39, 0.29) is 29.8 Å². The summed E-state index contributed by atoms with van der Waals surface area (Å²) in [5.41, 5.74) is -3.18. The summed E-state index contributed by atoms with van der Waals surface area (Å²) in [4.78, 5) is 58.8. The van der Waals surface area contributed by atoms with Gasteiger partial charge in [-0.2, -0.15) is 0 Å². The summed E-state index contributed by atoms with van der Waals surface area (Å²) in [6.45, 7) is 1.99. The van der Waals surface area contributed by atoms with Crippen LogP contribution in [0.3, 0.4) is 0 Å². The van der Waals surface area contributed by atoms with Gasteiger partial charge in [-0.05, 0) is 51.9 Å². The molecule has 15 nitrogen and oxygen atoms in total. The lowest BCUT2D eigenvalue weighted by Crippen LogP contribution is -2.49. The van der Waals surface area contributed by atoms with E-state index < -0.39 is 81.6 Å². The van der Waals surface area contributed by atoms with Crippen molar-refractivity contribution in [1.29, 1.82) is 0 Å². The van der Waals surface area contributed by atoms with Gasteiger partial charge in [0.05, 0.1) is 36.4 Å². The van der Waals surface area contributed by atoms with Crippen LogP contribution >= 0.6 is 0 Å². The molecular formula is C28H36N4O11. The number of carbonyl (C=O) groups is 3. The quantitative estimate of drug-likeness (QED) is 0.147. The number of nitrogens with one attached hydrogen (secondary N) is 1. The number of piperidine rings is 1. The van der Waals surface area contributed by atoms with E-state index >= 15 is 0 Å². The molecule has 1 aromatic carbocycles. The number of aliphatic hydroxyl groups is 4. The maximum Gasteiger partial charge on any atom is 0.294 e. The van der Waals surface area contributed by atoms with Gasteiger partial charge in [-0.3, -0.25) is 24.2 Å². The van der Waals surface area contributed by atoms with E-state index in [1.165, 1.54) is 44.1 Å². The molecule has 0 radical (unpaired) electrons. The Labute approximate surface area is 246 Å². The van der Waals surface area contributed by atoms with Gasteiger partial charge in [-0.1, -0.05) is 12.1 Å². The second-order valence-electron chi connectivity index (χ2n) is 11.5. The summed E-state index contributed by atoms with van der Waals surface area (Å²) in [5.74, 6) is -6.09. The van der Waals surface area contributed by atoms with E-state index in [1.54, 1.807) is 4.90 Å². The lowest BCUT2D eigenvalue weighted by atomic mass is 9.65. The Balaban J connectivity index is 1.68. The number of likely N-dealkylation sites (N-methyl/N-ethyl adjacent to an activating group) is 1. The van der Waals surface area contributed by atoms with Gasteiger partial charge in [0.25, 0.3) is 11.0 Å². The first-order valence-corrected chi connectivity index (χ1v) is 13.8. The van der Waals surface area contributed by atoms with E-state index in [9.17, 15) is 50.0 Å². The van der Waals surface area contributed by atoms with Crippen molar-refractivity contribution in [3.63, 3.8) is 0 Å². The number of phenols is 1. The number of fused-ring (bicyclic) bond motifs is 2. The number of amides is 1. The van der Waals surface area contributed by atoms with Crippen molar-refractivity contribution in [3.8, 4) is 5.75 Å². The minimum atomic E-state index is -1.89. The van der Waals surface area contributed by atoms with Crippen LogP contribution in [0.15, 0.2) is 40.9 Å². The highest BCUT2D eigenvalue weighted by Crippen LogP contribution is 2.48. The van der Waals surface area contributed by atoms with Gasteiger partial charge < -0.3 is 35.7 Å². The highest BCUT2D eigenvalue weighted by molar-refractivity contribution is 6.21. The largest absolute Gasteiger partial charge is 0.511 e. The summed E-state index contributed by atoms with van der Waals surface area (Å²) >= 11 is 0. The molecule has 1 fully saturated rings. The number of benzene rings is 1. The lowest BCUT2D eigenvalue weighted by Gasteiger charge is -2.42. The molecule has 15 heteroatoms. The minimum absolute atomic E-state index is 0.0736. The standard InChI is InChI=1S/C28H36N4O11/c1-28(40)15-5-4-6-17(33)21(15)25(37)22-16(28)11-20(36)24(30(2)3)26(38)23(19(35)12-18(22)34)27(39)29-13-31-9-7-14(8-10-31)43-32(41)42/h4-6,14,16,20,24,33-34,36,38,40H,7-13H2,1-3H3,(H,29,39)/b22-18-,26-23-/t16-,20-,24-,28?/m0/s1. The molecule has 1 heterocycles. The Kier molecular flexibility index (Phi) is 9.11. The van der Waals surface area contributed by atoms with Crippen molar-refractivity contribution >= 4 is 17.5 Å².